The van der Waals surface area contributed by atoms with Gasteiger partial charge in [0.05, 0.1) is 0 Å². The lowest BCUT2D eigenvalue weighted by molar-refractivity contribution is -0.692. The first-order valence-corrected chi connectivity index (χ1v) is 9.00. The first-order chi connectivity index (χ1) is 11.9. The van der Waals surface area contributed by atoms with E-state index in [4.69, 9.17) is 12.2 Å². The van der Waals surface area contributed by atoms with E-state index in [0.29, 0.717) is 17.1 Å². The summed E-state index contributed by atoms with van der Waals surface area (Å²) < 4.78 is 2.68. The number of pyridine rings is 1. The lowest BCUT2D eigenvalue weighted by Gasteiger charge is -2.16. The Hall–Kier alpha value is -2.05. The fourth-order valence-electron chi connectivity index (χ4n) is 2.36. The number of aromatic nitrogens is 1. The molecule has 1 atom stereocenters. The highest BCUT2D eigenvalue weighted by Gasteiger charge is 2.33. The number of carbonyl (C=O) groups excluding carboxylic acids is 1. The van der Waals surface area contributed by atoms with E-state index in [9.17, 15) is 4.79 Å². The number of ketones is 1. The number of halogens is 1. The summed E-state index contributed by atoms with van der Waals surface area (Å²) in [7, 11) is 3.94. The van der Waals surface area contributed by atoms with Gasteiger partial charge in [-0.15, -0.1) is 6.58 Å². The van der Waals surface area contributed by atoms with Crippen LogP contribution in [0.1, 0.15) is 16.4 Å². The van der Waals surface area contributed by atoms with Crippen molar-refractivity contribution in [1.82, 2.24) is 5.32 Å². The minimum atomic E-state index is -0.611. The molecular formula is C19H21BrN3OS+. The molecule has 0 fully saturated rings. The molecule has 1 N–H and O–H groups in total. The lowest BCUT2D eigenvalue weighted by Crippen LogP contribution is -2.51. The van der Waals surface area contributed by atoms with Crippen LogP contribution in [0.2, 0.25) is 0 Å². The van der Waals surface area contributed by atoms with Gasteiger partial charge in [-0.3, -0.25) is 4.79 Å². The van der Waals surface area contributed by atoms with Gasteiger partial charge in [0, 0.05) is 48.5 Å². The lowest BCUT2D eigenvalue weighted by atomic mass is 10.0. The summed E-state index contributed by atoms with van der Waals surface area (Å²) >= 11 is 8.91. The third-order valence-corrected chi connectivity index (χ3v) is 4.54. The van der Waals surface area contributed by atoms with Gasteiger partial charge in [-0.2, -0.15) is 4.57 Å². The number of thiocarbonyl (C=S) groups is 1. The number of rotatable bonds is 7. The van der Waals surface area contributed by atoms with E-state index in [1.54, 1.807) is 18.2 Å². The van der Waals surface area contributed by atoms with Crippen LogP contribution >= 0.6 is 28.1 Å². The molecule has 1 aromatic heterocycles. The first kappa shape index (κ1) is 19.3. The van der Waals surface area contributed by atoms with Crippen molar-refractivity contribution in [2.45, 2.75) is 6.04 Å². The van der Waals surface area contributed by atoms with Crippen LogP contribution in [-0.2, 0) is 0 Å². The van der Waals surface area contributed by atoms with Gasteiger partial charge in [-0.25, -0.2) is 0 Å². The molecule has 0 bridgehead atoms. The molecule has 0 saturated carbocycles. The molecule has 1 aromatic carbocycles. The van der Waals surface area contributed by atoms with Crippen molar-refractivity contribution in [1.29, 1.82) is 0 Å². The van der Waals surface area contributed by atoms with Crippen molar-refractivity contribution in [2.24, 2.45) is 0 Å². The van der Waals surface area contributed by atoms with Crippen molar-refractivity contribution in [3.05, 3.63) is 71.5 Å². The maximum atomic E-state index is 13.1. The van der Waals surface area contributed by atoms with Crippen LogP contribution in [0.5, 0.6) is 0 Å². The van der Waals surface area contributed by atoms with E-state index in [1.165, 1.54) is 0 Å². The number of carbonyl (C=O) groups is 1. The predicted molar refractivity (Wildman–Crippen MR) is 109 cm³/mol. The molecule has 4 nitrogen and oxygen atoms in total. The average molecular weight is 419 g/mol. The zero-order valence-electron chi connectivity index (χ0n) is 14.3. The summed E-state index contributed by atoms with van der Waals surface area (Å²) in [6.45, 7) is 4.20. The van der Waals surface area contributed by atoms with E-state index in [-0.39, 0.29) is 5.78 Å². The molecular weight excluding hydrogens is 398 g/mol. The van der Waals surface area contributed by atoms with Gasteiger partial charge in [0.25, 0.3) is 6.04 Å². The van der Waals surface area contributed by atoms with Crippen molar-refractivity contribution in [3.63, 3.8) is 0 Å². The molecule has 0 unspecified atom stereocenters. The highest BCUT2D eigenvalue weighted by Crippen LogP contribution is 2.17. The maximum absolute atomic E-state index is 13.1. The Morgan fingerprint density at radius 3 is 2.60 bits per heavy atom. The van der Waals surface area contributed by atoms with Crippen LogP contribution in [0.15, 0.2) is 65.9 Å². The fourth-order valence-corrected chi connectivity index (χ4v) is 3.07. The number of nitrogens with one attached hydrogen (secondary N) is 1. The van der Waals surface area contributed by atoms with Crippen molar-refractivity contribution >= 4 is 44.6 Å². The summed E-state index contributed by atoms with van der Waals surface area (Å²) in [5, 5.41) is 3.08. The Morgan fingerprint density at radius 1 is 1.36 bits per heavy atom. The molecule has 130 valence electrons. The molecule has 0 aliphatic rings. The number of benzene rings is 1. The van der Waals surface area contributed by atoms with Crippen LogP contribution in [0.4, 0.5) is 5.69 Å². The summed E-state index contributed by atoms with van der Waals surface area (Å²) in [4.78, 5) is 15.6. The summed E-state index contributed by atoms with van der Waals surface area (Å²) in [6.07, 6.45) is 5.46. The smallest absolute Gasteiger partial charge is 0.270 e. The minimum Gasteiger partial charge on any atom is -0.377 e. The Bertz CT molecular complexity index is 774. The van der Waals surface area contributed by atoms with Crippen molar-refractivity contribution in [3.8, 4) is 0 Å². The van der Waals surface area contributed by atoms with Gasteiger partial charge in [0.15, 0.2) is 17.4 Å². The first-order valence-electron chi connectivity index (χ1n) is 7.80. The second-order valence-electron chi connectivity index (χ2n) is 5.71. The molecule has 0 aliphatic heterocycles. The van der Waals surface area contributed by atoms with E-state index in [0.717, 1.165) is 10.2 Å². The highest BCUT2D eigenvalue weighted by atomic mass is 79.9. The van der Waals surface area contributed by atoms with Crippen molar-refractivity contribution < 1.29 is 9.36 Å². The maximum Gasteiger partial charge on any atom is 0.270 e. The van der Waals surface area contributed by atoms with E-state index < -0.39 is 6.04 Å². The topological polar surface area (TPSA) is 36.2 Å². The molecule has 0 aliphatic carbocycles. The molecule has 25 heavy (non-hydrogen) atoms. The fraction of sp³-hybridized carbons (Fsp3) is 0.211. The van der Waals surface area contributed by atoms with Crippen LogP contribution < -0.4 is 14.8 Å². The number of Topliss-reactive ketones (excluding diaryl/α,β-unsaturated/α-hetero) is 1. The van der Waals surface area contributed by atoms with E-state index in [1.807, 2.05) is 60.2 Å². The molecule has 0 saturated heterocycles. The molecule has 2 aromatic rings. The summed E-state index contributed by atoms with van der Waals surface area (Å²) in [5.74, 6) is -0.0644. The average Bonchev–Trinajstić information content (AvgIpc) is 2.60. The second-order valence-corrected chi connectivity index (χ2v) is 7.06. The second kappa shape index (κ2) is 8.87. The Labute approximate surface area is 162 Å². The normalized spacial score (nSPS) is 11.5. The quantitative estimate of drug-likeness (QED) is 0.323. The molecule has 6 heteroatoms. The van der Waals surface area contributed by atoms with Gasteiger partial charge in [0.2, 0.25) is 5.78 Å². The van der Waals surface area contributed by atoms with Crippen molar-refractivity contribution in [2.75, 3.05) is 25.5 Å². The molecule has 0 spiro atoms. The van der Waals surface area contributed by atoms with Crippen LogP contribution in [0, 0.1) is 0 Å². The van der Waals surface area contributed by atoms with Gasteiger partial charge >= 0.3 is 0 Å². The van der Waals surface area contributed by atoms with Crippen LogP contribution in [0.25, 0.3) is 0 Å². The Kier molecular flexibility index (Phi) is 6.84. The summed E-state index contributed by atoms with van der Waals surface area (Å²) in [5.41, 5.74) is 1.65. The Morgan fingerprint density at radius 2 is 2.04 bits per heavy atom. The zero-order chi connectivity index (χ0) is 18.4. The third kappa shape index (κ3) is 4.96. The van der Waals surface area contributed by atoms with Gasteiger partial charge in [0.1, 0.15) is 0 Å². The van der Waals surface area contributed by atoms with Gasteiger partial charge < -0.3 is 10.2 Å². The molecule has 1 heterocycles. The zero-order valence-corrected chi connectivity index (χ0v) is 16.7. The number of anilines is 1. The molecule has 0 amide bonds. The minimum absolute atomic E-state index is 0.0644. The van der Waals surface area contributed by atoms with Gasteiger partial charge in [-0.05, 0) is 12.1 Å². The number of nitrogens with zero attached hydrogens (tertiary/aromatic N) is 2. The SMILES string of the molecule is C=CCNC(=S)[C@H](C(=O)c1cccc(Br)c1)[n+]1ccc(N(C)C)cc1. The largest absolute Gasteiger partial charge is 0.377 e. The number of hydrogen-bond donors (Lipinski definition) is 1. The highest BCUT2D eigenvalue weighted by molar-refractivity contribution is 9.10. The van der Waals surface area contributed by atoms with Crippen LogP contribution in [0.3, 0.4) is 0 Å². The number of hydrogen-bond acceptors (Lipinski definition) is 3. The standard InChI is InChI=1S/C19H20BrN3OS/c1-4-10-21-19(25)17(18(24)14-6-5-7-15(20)13-14)23-11-8-16(9-12-23)22(2)3/h4-9,11-13,17H,1,10H2,2-3H3/p+1/t17-/m0/s1. The predicted octanol–water partition coefficient (Wildman–Crippen LogP) is 3.33. The van der Waals surface area contributed by atoms with E-state index in [2.05, 4.69) is 27.8 Å². The third-order valence-electron chi connectivity index (χ3n) is 3.68. The Balaban J connectivity index is 2.40. The monoisotopic (exact) mass is 418 g/mol. The van der Waals surface area contributed by atoms with Gasteiger partial charge in [-0.1, -0.05) is 46.4 Å². The summed E-state index contributed by atoms with van der Waals surface area (Å²) in [6, 6.07) is 10.6. The van der Waals surface area contributed by atoms with Crippen LogP contribution in [-0.4, -0.2) is 31.4 Å². The molecule has 0 radical (unpaired) electrons. The molecule has 2 rings (SSSR count). The van der Waals surface area contributed by atoms with E-state index >= 15 is 0 Å².